The van der Waals surface area contributed by atoms with Crippen LogP contribution in [0.2, 0.25) is 0 Å². The fourth-order valence-corrected chi connectivity index (χ4v) is 2.63. The number of hydrogen-bond donors (Lipinski definition) is 0. The minimum atomic E-state index is -3.78. The van der Waals surface area contributed by atoms with Crippen molar-refractivity contribution in [3.63, 3.8) is 0 Å². The molecule has 18 heavy (non-hydrogen) atoms. The molecule has 0 saturated heterocycles. The molecule has 2 aromatic rings. The van der Waals surface area contributed by atoms with Crippen molar-refractivity contribution in [2.24, 2.45) is 5.11 Å². The van der Waals surface area contributed by atoms with Gasteiger partial charge in [0, 0.05) is 17.3 Å². The summed E-state index contributed by atoms with van der Waals surface area (Å²) in [6.07, 6.45) is 2.49. The third-order valence-corrected chi connectivity index (χ3v) is 3.97. The van der Waals surface area contributed by atoms with E-state index in [1.165, 1.54) is 24.5 Å². The Morgan fingerprint density at radius 2 is 2.00 bits per heavy atom. The minimum Gasteiger partial charge on any atom is -0.234 e. The van der Waals surface area contributed by atoms with Crippen LogP contribution >= 0.6 is 0 Å². The highest BCUT2D eigenvalue weighted by Crippen LogP contribution is 2.19. The first kappa shape index (κ1) is 12.2. The van der Waals surface area contributed by atoms with Crippen LogP contribution in [-0.4, -0.2) is 17.4 Å². The van der Waals surface area contributed by atoms with Crippen LogP contribution in [0.15, 0.2) is 46.7 Å². The second kappa shape index (κ2) is 4.52. The van der Waals surface area contributed by atoms with E-state index in [-0.39, 0.29) is 10.8 Å². The molecular weight excluding hydrogens is 254 g/mol. The van der Waals surface area contributed by atoms with Gasteiger partial charge in [0.05, 0.1) is 4.90 Å². The van der Waals surface area contributed by atoms with Crippen molar-refractivity contribution in [2.75, 3.05) is 0 Å². The zero-order valence-corrected chi connectivity index (χ0v) is 10.2. The van der Waals surface area contributed by atoms with Gasteiger partial charge >= 0.3 is 0 Å². The summed E-state index contributed by atoms with van der Waals surface area (Å²) in [4.78, 5) is 6.33. The molecule has 0 aliphatic carbocycles. The van der Waals surface area contributed by atoms with Gasteiger partial charge in [-0.2, -0.15) is 0 Å². The van der Waals surface area contributed by atoms with E-state index in [1.807, 2.05) is 6.92 Å². The lowest BCUT2D eigenvalue weighted by Gasteiger charge is -2.06. The normalized spacial score (nSPS) is 10.9. The fraction of sp³-hybridized carbons (Fsp3) is 0.100. The van der Waals surface area contributed by atoms with E-state index in [0.717, 1.165) is 9.54 Å². The van der Waals surface area contributed by atoms with E-state index in [1.54, 1.807) is 12.1 Å². The lowest BCUT2D eigenvalue weighted by molar-refractivity contribution is 0.587. The summed E-state index contributed by atoms with van der Waals surface area (Å²) in [5.41, 5.74) is 9.30. The van der Waals surface area contributed by atoms with Crippen molar-refractivity contribution in [1.82, 2.24) is 8.96 Å². The lowest BCUT2D eigenvalue weighted by atomic mass is 10.2. The van der Waals surface area contributed by atoms with E-state index >= 15 is 0 Å². The number of rotatable bonds is 3. The van der Waals surface area contributed by atoms with Gasteiger partial charge < -0.3 is 0 Å². The molecule has 0 aliphatic heterocycles. The number of nitrogens with zero attached hydrogens (tertiary/aromatic N) is 5. The summed E-state index contributed by atoms with van der Waals surface area (Å²) < 4.78 is 25.3. The molecule has 0 aliphatic rings. The van der Waals surface area contributed by atoms with E-state index in [4.69, 9.17) is 5.53 Å². The lowest BCUT2D eigenvalue weighted by Crippen LogP contribution is -2.11. The molecule has 7 nitrogen and oxygen atoms in total. The summed E-state index contributed by atoms with van der Waals surface area (Å²) in [6, 6.07) is 6.36. The van der Waals surface area contributed by atoms with Gasteiger partial charge in [0.25, 0.3) is 10.0 Å². The van der Waals surface area contributed by atoms with Gasteiger partial charge in [-0.05, 0) is 29.7 Å². The number of azide groups is 1. The average Bonchev–Trinajstić information content (AvgIpc) is 2.79. The molecule has 1 heterocycles. The van der Waals surface area contributed by atoms with Gasteiger partial charge in [0.1, 0.15) is 0 Å². The molecule has 0 fully saturated rings. The van der Waals surface area contributed by atoms with Crippen molar-refractivity contribution >= 4 is 16.0 Å². The Bertz CT molecular complexity index is 711. The fourth-order valence-electron chi connectivity index (χ4n) is 1.41. The van der Waals surface area contributed by atoms with Crippen molar-refractivity contribution in [2.45, 2.75) is 11.8 Å². The van der Waals surface area contributed by atoms with Gasteiger partial charge in [0.2, 0.25) is 5.95 Å². The highest BCUT2D eigenvalue weighted by molar-refractivity contribution is 7.90. The predicted octanol–water partition coefficient (Wildman–Crippen LogP) is 2.37. The summed E-state index contributed by atoms with van der Waals surface area (Å²) in [5.74, 6) is -0.210. The second-order valence-corrected chi connectivity index (χ2v) is 5.35. The van der Waals surface area contributed by atoms with Crippen LogP contribution < -0.4 is 0 Å². The zero-order valence-electron chi connectivity index (χ0n) is 9.42. The minimum absolute atomic E-state index is 0.112. The monoisotopic (exact) mass is 263 g/mol. The molecule has 92 valence electrons. The first-order chi connectivity index (χ1) is 8.55. The Balaban J connectivity index is 2.58. The van der Waals surface area contributed by atoms with Crippen LogP contribution in [0.1, 0.15) is 5.56 Å². The van der Waals surface area contributed by atoms with Crippen molar-refractivity contribution < 1.29 is 8.42 Å². The number of aryl methyl sites for hydroxylation is 1. The summed E-state index contributed by atoms with van der Waals surface area (Å²) in [7, 11) is -3.78. The first-order valence-corrected chi connectivity index (χ1v) is 6.40. The van der Waals surface area contributed by atoms with Gasteiger partial charge in [-0.25, -0.2) is 17.4 Å². The molecule has 0 atom stereocenters. The van der Waals surface area contributed by atoms with Crippen LogP contribution in [0.25, 0.3) is 10.4 Å². The third kappa shape index (κ3) is 2.06. The number of hydrogen-bond acceptors (Lipinski definition) is 4. The summed E-state index contributed by atoms with van der Waals surface area (Å²) >= 11 is 0. The molecule has 1 aromatic heterocycles. The Kier molecular flexibility index (Phi) is 3.05. The standard InChI is InChI=1S/C10H9N5O2S/c1-8-2-4-9(5-3-8)18(16,17)15-7-6-12-10(15)13-14-11/h2-7H,1H3. The summed E-state index contributed by atoms with van der Waals surface area (Å²) in [5, 5.41) is 3.23. The molecule has 2 rings (SSSR count). The van der Waals surface area contributed by atoms with Crippen LogP contribution in [-0.2, 0) is 10.0 Å². The highest BCUT2D eigenvalue weighted by Gasteiger charge is 2.19. The molecule has 0 unspecified atom stereocenters. The van der Waals surface area contributed by atoms with E-state index in [9.17, 15) is 8.42 Å². The molecular formula is C10H9N5O2S. The van der Waals surface area contributed by atoms with Crippen molar-refractivity contribution in [3.8, 4) is 0 Å². The van der Waals surface area contributed by atoms with E-state index < -0.39 is 10.0 Å². The number of aromatic nitrogens is 2. The van der Waals surface area contributed by atoms with Crippen LogP contribution in [0.5, 0.6) is 0 Å². The zero-order chi connectivity index (χ0) is 13.2. The Labute approximate surface area is 103 Å². The quantitative estimate of drug-likeness (QED) is 0.482. The Hall–Kier alpha value is -2.31. The van der Waals surface area contributed by atoms with Gasteiger partial charge in [-0.1, -0.05) is 17.7 Å². The highest BCUT2D eigenvalue weighted by atomic mass is 32.2. The topological polar surface area (TPSA) is 101 Å². The van der Waals surface area contributed by atoms with Crippen molar-refractivity contribution in [1.29, 1.82) is 0 Å². The SMILES string of the molecule is Cc1ccc(S(=O)(=O)n2ccnc2N=[N+]=[N-])cc1. The smallest absolute Gasteiger partial charge is 0.234 e. The first-order valence-electron chi connectivity index (χ1n) is 4.96. The van der Waals surface area contributed by atoms with Crippen LogP contribution in [0, 0.1) is 6.92 Å². The van der Waals surface area contributed by atoms with Gasteiger partial charge in [-0.15, -0.1) is 0 Å². The second-order valence-electron chi connectivity index (χ2n) is 3.53. The van der Waals surface area contributed by atoms with Gasteiger partial charge in [0.15, 0.2) is 0 Å². The summed E-state index contributed by atoms with van der Waals surface area (Å²) in [6.45, 7) is 1.86. The van der Waals surface area contributed by atoms with E-state index in [0.29, 0.717) is 0 Å². The molecule has 8 heteroatoms. The largest absolute Gasteiger partial charge is 0.269 e. The Morgan fingerprint density at radius 1 is 1.33 bits per heavy atom. The Morgan fingerprint density at radius 3 is 2.61 bits per heavy atom. The number of imidazole rings is 1. The van der Waals surface area contributed by atoms with Crippen molar-refractivity contribution in [3.05, 3.63) is 52.7 Å². The van der Waals surface area contributed by atoms with Crippen LogP contribution in [0.4, 0.5) is 5.95 Å². The molecule has 0 N–H and O–H groups in total. The maximum Gasteiger partial charge on any atom is 0.269 e. The maximum atomic E-state index is 12.2. The molecule has 0 amide bonds. The number of benzene rings is 1. The molecule has 0 bridgehead atoms. The predicted molar refractivity (Wildman–Crippen MR) is 64.8 cm³/mol. The maximum absolute atomic E-state index is 12.2. The average molecular weight is 263 g/mol. The van der Waals surface area contributed by atoms with Crippen LogP contribution in [0.3, 0.4) is 0 Å². The molecule has 1 aromatic carbocycles. The van der Waals surface area contributed by atoms with E-state index in [2.05, 4.69) is 15.0 Å². The third-order valence-electron chi connectivity index (χ3n) is 2.30. The molecule has 0 saturated carbocycles. The molecule has 0 radical (unpaired) electrons. The molecule has 0 spiro atoms. The van der Waals surface area contributed by atoms with Gasteiger partial charge in [-0.3, -0.25) is 0 Å².